The molecule has 1 amide bonds. The number of amides is 1. The maximum atomic E-state index is 13.1. The van der Waals surface area contributed by atoms with Gasteiger partial charge in [0.15, 0.2) is 0 Å². The number of ether oxygens (including phenoxy) is 2. The molecule has 4 rings (SSSR count). The van der Waals surface area contributed by atoms with Gasteiger partial charge < -0.3 is 14.4 Å². The molecule has 0 aromatic carbocycles. The van der Waals surface area contributed by atoms with Gasteiger partial charge in [-0.3, -0.25) is 14.4 Å². The number of piperidine rings is 1. The molecule has 3 aliphatic heterocycles. The molecule has 0 radical (unpaired) electrons. The normalized spacial score (nSPS) is 29.3. The van der Waals surface area contributed by atoms with E-state index in [4.69, 9.17) is 9.47 Å². The second-order valence-corrected chi connectivity index (χ2v) is 7.82. The van der Waals surface area contributed by atoms with Crippen LogP contribution in [-0.2, 0) is 16.0 Å². The minimum absolute atomic E-state index is 0.0987. The number of rotatable bonds is 6. The highest BCUT2D eigenvalue weighted by molar-refractivity contribution is 5.92. The van der Waals surface area contributed by atoms with Crippen molar-refractivity contribution in [2.45, 2.75) is 50.3 Å². The zero-order valence-corrected chi connectivity index (χ0v) is 15.7. The Hall–Kier alpha value is -1.44. The maximum Gasteiger partial charge on any atom is 0.272 e. The number of likely N-dealkylation sites (tertiary alicyclic amines) is 2. The molecule has 0 saturated carbocycles. The van der Waals surface area contributed by atoms with E-state index in [0.29, 0.717) is 24.9 Å². The van der Waals surface area contributed by atoms with Crippen molar-refractivity contribution in [1.82, 2.24) is 19.6 Å². The quantitative estimate of drug-likeness (QED) is 0.765. The first-order chi connectivity index (χ1) is 12.7. The summed E-state index contributed by atoms with van der Waals surface area (Å²) < 4.78 is 12.7. The predicted octanol–water partition coefficient (Wildman–Crippen LogP) is 1.39. The highest BCUT2D eigenvalue weighted by Gasteiger charge is 2.48. The van der Waals surface area contributed by atoms with Crippen LogP contribution in [0.3, 0.4) is 0 Å². The predicted molar refractivity (Wildman–Crippen MR) is 97.1 cm³/mol. The molecule has 3 aliphatic rings. The van der Waals surface area contributed by atoms with Crippen LogP contribution in [-0.4, -0.2) is 83.6 Å². The van der Waals surface area contributed by atoms with E-state index < -0.39 is 0 Å². The van der Waals surface area contributed by atoms with E-state index in [-0.39, 0.29) is 11.4 Å². The van der Waals surface area contributed by atoms with Gasteiger partial charge in [0.25, 0.3) is 5.91 Å². The third kappa shape index (κ3) is 3.40. The Balaban J connectivity index is 1.41. The van der Waals surface area contributed by atoms with Crippen LogP contribution in [0, 0.1) is 0 Å². The van der Waals surface area contributed by atoms with Crippen LogP contribution >= 0.6 is 0 Å². The number of aromatic nitrogens is 2. The number of carbonyl (C=O) groups excluding carboxylic acids is 1. The van der Waals surface area contributed by atoms with Gasteiger partial charge in [0.05, 0.1) is 19.3 Å². The van der Waals surface area contributed by atoms with Crippen LogP contribution in [0.2, 0.25) is 0 Å². The molecule has 0 N–H and O–H groups in total. The van der Waals surface area contributed by atoms with Crippen LogP contribution in [0.15, 0.2) is 12.3 Å². The van der Waals surface area contributed by atoms with Crippen molar-refractivity contribution in [3.63, 3.8) is 0 Å². The molecule has 7 heteroatoms. The molecule has 2 atom stereocenters. The van der Waals surface area contributed by atoms with E-state index in [1.54, 1.807) is 18.0 Å². The van der Waals surface area contributed by atoms with Gasteiger partial charge in [0.2, 0.25) is 0 Å². The van der Waals surface area contributed by atoms with Gasteiger partial charge in [0, 0.05) is 51.6 Å². The lowest BCUT2D eigenvalue weighted by molar-refractivity contribution is -0.0808. The van der Waals surface area contributed by atoms with E-state index in [1.807, 2.05) is 11.0 Å². The van der Waals surface area contributed by atoms with Crippen molar-refractivity contribution in [3.8, 4) is 0 Å². The molecule has 1 aromatic rings. The fraction of sp³-hybridized carbons (Fsp3) is 0.789. The molecule has 1 aromatic heterocycles. The van der Waals surface area contributed by atoms with Crippen LogP contribution in [0.1, 0.15) is 42.6 Å². The fourth-order valence-electron chi connectivity index (χ4n) is 4.69. The molecule has 3 saturated heterocycles. The van der Waals surface area contributed by atoms with E-state index in [1.165, 1.54) is 25.7 Å². The summed E-state index contributed by atoms with van der Waals surface area (Å²) in [7, 11) is 1.67. The lowest BCUT2D eigenvalue weighted by Gasteiger charge is -2.57. The number of nitrogens with zero attached hydrogens (tertiary/aromatic N) is 4. The fourth-order valence-corrected chi connectivity index (χ4v) is 4.69. The minimum Gasteiger partial charge on any atom is -0.383 e. The molecule has 26 heavy (non-hydrogen) atoms. The zero-order valence-electron chi connectivity index (χ0n) is 15.7. The highest BCUT2D eigenvalue weighted by Crippen LogP contribution is 2.39. The van der Waals surface area contributed by atoms with Gasteiger partial charge in [-0.15, -0.1) is 0 Å². The number of hydrogen-bond donors (Lipinski definition) is 0. The van der Waals surface area contributed by atoms with Crippen LogP contribution in [0.5, 0.6) is 0 Å². The Kier molecular flexibility index (Phi) is 5.29. The SMILES string of the molecule is COCCn1nccc1C(=O)N1CCC[C@]2(CCN2C[C@@H]2CCCO2)C1. The summed E-state index contributed by atoms with van der Waals surface area (Å²) in [5.74, 6) is 0.0987. The smallest absolute Gasteiger partial charge is 0.272 e. The van der Waals surface area contributed by atoms with Gasteiger partial charge in [-0.05, 0) is 38.2 Å². The third-order valence-electron chi connectivity index (χ3n) is 6.25. The van der Waals surface area contributed by atoms with Crippen LogP contribution in [0.4, 0.5) is 0 Å². The van der Waals surface area contributed by atoms with Crippen LogP contribution in [0.25, 0.3) is 0 Å². The van der Waals surface area contributed by atoms with Crippen molar-refractivity contribution >= 4 is 5.91 Å². The summed E-state index contributed by atoms with van der Waals surface area (Å²) in [6.07, 6.45) is 7.89. The molecule has 0 unspecified atom stereocenters. The summed E-state index contributed by atoms with van der Waals surface area (Å²) in [5.41, 5.74) is 0.834. The van der Waals surface area contributed by atoms with E-state index in [9.17, 15) is 4.79 Å². The summed E-state index contributed by atoms with van der Waals surface area (Å²) in [6.45, 7) is 5.89. The van der Waals surface area contributed by atoms with Crippen molar-refractivity contribution in [1.29, 1.82) is 0 Å². The zero-order chi connectivity index (χ0) is 18.0. The summed E-state index contributed by atoms with van der Waals surface area (Å²) >= 11 is 0. The number of methoxy groups -OCH3 is 1. The Labute approximate surface area is 155 Å². The summed E-state index contributed by atoms with van der Waals surface area (Å²) in [5, 5.41) is 4.29. The number of carbonyl (C=O) groups is 1. The number of hydrogen-bond acceptors (Lipinski definition) is 5. The van der Waals surface area contributed by atoms with Gasteiger partial charge >= 0.3 is 0 Å². The molecule has 7 nitrogen and oxygen atoms in total. The van der Waals surface area contributed by atoms with Gasteiger partial charge in [-0.25, -0.2) is 0 Å². The van der Waals surface area contributed by atoms with E-state index in [0.717, 1.165) is 39.2 Å². The topological polar surface area (TPSA) is 59.8 Å². The van der Waals surface area contributed by atoms with Gasteiger partial charge in [0.1, 0.15) is 5.69 Å². The van der Waals surface area contributed by atoms with E-state index >= 15 is 0 Å². The van der Waals surface area contributed by atoms with Crippen molar-refractivity contribution in [2.24, 2.45) is 0 Å². The second kappa shape index (κ2) is 7.66. The standard InChI is InChI=1S/C19H30N4O3/c1-25-13-11-23-17(5-8-20-23)18(24)21-9-3-6-19(15-21)7-10-22(19)14-16-4-2-12-26-16/h5,8,16H,2-4,6-7,9-15H2,1H3/t16-,19-/m0/s1. The molecular weight excluding hydrogens is 332 g/mol. The maximum absolute atomic E-state index is 13.1. The van der Waals surface area contributed by atoms with Gasteiger partial charge in [-0.1, -0.05) is 0 Å². The molecule has 3 fully saturated rings. The highest BCUT2D eigenvalue weighted by atomic mass is 16.5. The Morgan fingerprint density at radius 3 is 3.04 bits per heavy atom. The molecule has 0 bridgehead atoms. The first-order valence-electron chi connectivity index (χ1n) is 9.88. The molecule has 1 spiro atoms. The Morgan fingerprint density at radius 1 is 1.38 bits per heavy atom. The molecule has 144 valence electrons. The summed E-state index contributed by atoms with van der Waals surface area (Å²) in [4.78, 5) is 17.7. The molecule has 4 heterocycles. The van der Waals surface area contributed by atoms with Gasteiger partial charge in [-0.2, -0.15) is 5.10 Å². The largest absolute Gasteiger partial charge is 0.383 e. The summed E-state index contributed by atoms with van der Waals surface area (Å²) in [6, 6.07) is 1.82. The lowest BCUT2D eigenvalue weighted by atomic mass is 9.77. The Morgan fingerprint density at radius 2 is 2.31 bits per heavy atom. The van der Waals surface area contributed by atoms with Crippen LogP contribution < -0.4 is 0 Å². The first-order valence-corrected chi connectivity index (χ1v) is 9.88. The molecule has 0 aliphatic carbocycles. The third-order valence-corrected chi connectivity index (χ3v) is 6.25. The van der Waals surface area contributed by atoms with Crippen molar-refractivity contribution < 1.29 is 14.3 Å². The van der Waals surface area contributed by atoms with Crippen molar-refractivity contribution in [2.75, 3.05) is 46.5 Å². The minimum atomic E-state index is 0.0987. The first kappa shape index (κ1) is 17.9. The average molecular weight is 362 g/mol. The monoisotopic (exact) mass is 362 g/mol. The second-order valence-electron chi connectivity index (χ2n) is 7.82. The average Bonchev–Trinajstić information content (AvgIpc) is 3.34. The Bertz CT molecular complexity index is 628. The van der Waals surface area contributed by atoms with E-state index in [2.05, 4.69) is 10.00 Å². The lowest BCUT2D eigenvalue weighted by Crippen LogP contribution is -2.68. The molecular formula is C19H30N4O3. The van der Waals surface area contributed by atoms with Crippen molar-refractivity contribution in [3.05, 3.63) is 18.0 Å².